The second-order valence-corrected chi connectivity index (χ2v) is 6.36. The molecular formula is C13H12ClFN2O2S. The number of hydrogen-bond acceptors (Lipinski definition) is 3. The summed E-state index contributed by atoms with van der Waals surface area (Å²) in [6.07, 6.45) is 1.33. The number of pyridine rings is 1. The zero-order valence-electron chi connectivity index (χ0n) is 10.8. The maximum Gasteiger partial charge on any atom is 0.262 e. The summed E-state index contributed by atoms with van der Waals surface area (Å²) in [5.74, 6) is -0.481. The normalized spacial score (nSPS) is 11.4. The Labute approximate surface area is 121 Å². The second-order valence-electron chi connectivity index (χ2n) is 4.35. The number of benzene rings is 1. The molecule has 0 aliphatic carbocycles. The van der Waals surface area contributed by atoms with Crippen LogP contribution in [-0.4, -0.2) is 13.4 Å². The summed E-state index contributed by atoms with van der Waals surface area (Å²) in [5.41, 5.74) is 1.29. The number of halogens is 2. The summed E-state index contributed by atoms with van der Waals surface area (Å²) in [6.45, 7) is 3.25. The molecule has 0 saturated heterocycles. The highest BCUT2D eigenvalue weighted by Gasteiger charge is 2.17. The number of sulfonamides is 1. The average molecular weight is 315 g/mol. The first-order valence-corrected chi connectivity index (χ1v) is 7.57. The number of aromatic nitrogens is 1. The molecule has 0 saturated carbocycles. The van der Waals surface area contributed by atoms with Gasteiger partial charge >= 0.3 is 0 Å². The molecule has 0 unspecified atom stereocenters. The van der Waals surface area contributed by atoms with Crippen molar-refractivity contribution in [1.82, 2.24) is 4.98 Å². The maximum absolute atomic E-state index is 13.0. The van der Waals surface area contributed by atoms with Crippen LogP contribution in [0.3, 0.4) is 0 Å². The highest BCUT2D eigenvalue weighted by atomic mass is 35.5. The maximum atomic E-state index is 13.0. The van der Waals surface area contributed by atoms with Crippen LogP contribution in [0.15, 0.2) is 35.4 Å². The Bertz CT molecular complexity index is 763. The predicted octanol–water partition coefficient (Wildman–Crippen LogP) is 3.29. The van der Waals surface area contributed by atoms with E-state index in [0.29, 0.717) is 22.0 Å². The SMILES string of the molecule is Cc1cc(F)ccc1S(=O)(=O)Nc1cnc(Cl)c(C)c1. The van der Waals surface area contributed by atoms with Gasteiger partial charge in [0.25, 0.3) is 10.0 Å². The van der Waals surface area contributed by atoms with Crippen LogP contribution in [0.2, 0.25) is 5.15 Å². The number of nitrogens with zero attached hydrogens (tertiary/aromatic N) is 1. The van der Waals surface area contributed by atoms with Crippen molar-refractivity contribution in [1.29, 1.82) is 0 Å². The zero-order chi connectivity index (χ0) is 14.9. The Balaban J connectivity index is 2.38. The number of rotatable bonds is 3. The topological polar surface area (TPSA) is 59.1 Å². The van der Waals surface area contributed by atoms with Gasteiger partial charge in [-0.15, -0.1) is 0 Å². The molecule has 0 aliphatic heterocycles. The third-order valence-corrected chi connectivity index (χ3v) is 4.63. The van der Waals surface area contributed by atoms with Crippen molar-refractivity contribution < 1.29 is 12.8 Å². The molecular weight excluding hydrogens is 303 g/mol. The van der Waals surface area contributed by atoms with E-state index in [1.165, 1.54) is 25.3 Å². The minimum absolute atomic E-state index is 0.0199. The number of hydrogen-bond donors (Lipinski definition) is 1. The molecule has 0 radical (unpaired) electrons. The molecule has 0 spiro atoms. The molecule has 1 aromatic heterocycles. The fourth-order valence-electron chi connectivity index (χ4n) is 1.74. The van der Waals surface area contributed by atoms with Crippen LogP contribution < -0.4 is 4.72 Å². The lowest BCUT2D eigenvalue weighted by atomic mass is 10.2. The van der Waals surface area contributed by atoms with Gasteiger partial charge in [-0.1, -0.05) is 11.6 Å². The van der Waals surface area contributed by atoms with Gasteiger partial charge < -0.3 is 0 Å². The van der Waals surface area contributed by atoms with Crippen molar-refractivity contribution in [2.45, 2.75) is 18.7 Å². The van der Waals surface area contributed by atoms with E-state index in [1.807, 2.05) is 0 Å². The van der Waals surface area contributed by atoms with Gasteiger partial charge in [0.15, 0.2) is 0 Å². The largest absolute Gasteiger partial charge is 0.278 e. The summed E-state index contributed by atoms with van der Waals surface area (Å²) in [5, 5.41) is 0.311. The molecule has 1 heterocycles. The van der Waals surface area contributed by atoms with E-state index in [9.17, 15) is 12.8 Å². The highest BCUT2D eigenvalue weighted by molar-refractivity contribution is 7.92. The van der Waals surface area contributed by atoms with E-state index in [-0.39, 0.29) is 4.90 Å². The van der Waals surface area contributed by atoms with E-state index in [1.54, 1.807) is 13.0 Å². The van der Waals surface area contributed by atoms with Gasteiger partial charge in [-0.2, -0.15) is 0 Å². The number of nitrogens with one attached hydrogen (secondary N) is 1. The standard InChI is InChI=1S/C13H12ClFN2O2S/c1-8-5-10(15)3-4-12(8)20(18,19)17-11-6-9(2)13(14)16-7-11/h3-7,17H,1-2H3. The van der Waals surface area contributed by atoms with Gasteiger partial charge in [-0.25, -0.2) is 17.8 Å². The first-order valence-electron chi connectivity index (χ1n) is 5.71. The molecule has 1 aromatic carbocycles. The summed E-state index contributed by atoms with van der Waals surface area (Å²) < 4.78 is 39.9. The summed E-state index contributed by atoms with van der Waals surface area (Å²) in [7, 11) is -3.79. The summed E-state index contributed by atoms with van der Waals surface area (Å²) in [4.78, 5) is 3.89. The molecule has 20 heavy (non-hydrogen) atoms. The third kappa shape index (κ3) is 3.08. The van der Waals surface area contributed by atoms with E-state index < -0.39 is 15.8 Å². The zero-order valence-corrected chi connectivity index (χ0v) is 12.4. The highest BCUT2D eigenvalue weighted by Crippen LogP contribution is 2.22. The number of anilines is 1. The van der Waals surface area contributed by atoms with Gasteiger partial charge in [0.1, 0.15) is 11.0 Å². The van der Waals surface area contributed by atoms with Crippen molar-refractivity contribution >= 4 is 27.3 Å². The van der Waals surface area contributed by atoms with Crippen molar-refractivity contribution in [2.75, 3.05) is 4.72 Å². The molecule has 2 rings (SSSR count). The van der Waals surface area contributed by atoms with E-state index in [2.05, 4.69) is 9.71 Å². The quantitative estimate of drug-likeness (QED) is 0.884. The monoisotopic (exact) mass is 314 g/mol. The first kappa shape index (κ1) is 14.7. The van der Waals surface area contributed by atoms with Crippen molar-refractivity contribution in [3.63, 3.8) is 0 Å². The third-order valence-electron chi connectivity index (χ3n) is 2.69. The predicted molar refractivity (Wildman–Crippen MR) is 75.9 cm³/mol. The molecule has 7 heteroatoms. The molecule has 1 N–H and O–H groups in total. The van der Waals surface area contributed by atoms with Crippen LogP contribution in [-0.2, 0) is 10.0 Å². The van der Waals surface area contributed by atoms with Gasteiger partial charge in [-0.3, -0.25) is 4.72 Å². The Hall–Kier alpha value is -1.66. The lowest BCUT2D eigenvalue weighted by Gasteiger charge is -2.11. The Morgan fingerprint density at radius 2 is 1.90 bits per heavy atom. The smallest absolute Gasteiger partial charge is 0.262 e. The van der Waals surface area contributed by atoms with Crippen molar-refractivity contribution in [3.8, 4) is 0 Å². The van der Waals surface area contributed by atoms with Gasteiger partial charge in [-0.05, 0) is 49.2 Å². The fourth-order valence-corrected chi connectivity index (χ4v) is 3.10. The minimum Gasteiger partial charge on any atom is -0.278 e. The molecule has 0 amide bonds. The van der Waals surface area contributed by atoms with Crippen LogP contribution in [0.1, 0.15) is 11.1 Å². The van der Waals surface area contributed by atoms with Crippen LogP contribution in [0.5, 0.6) is 0 Å². The van der Waals surface area contributed by atoms with Crippen LogP contribution in [0.25, 0.3) is 0 Å². The summed E-state index contributed by atoms with van der Waals surface area (Å²) in [6, 6.07) is 5.07. The van der Waals surface area contributed by atoms with Gasteiger partial charge in [0, 0.05) is 0 Å². The molecule has 106 valence electrons. The molecule has 4 nitrogen and oxygen atoms in total. The molecule has 2 aromatic rings. The Morgan fingerprint density at radius 3 is 2.50 bits per heavy atom. The molecule has 0 fully saturated rings. The minimum atomic E-state index is -3.79. The Kier molecular flexibility index (Phi) is 3.96. The number of aryl methyl sites for hydroxylation is 2. The Morgan fingerprint density at radius 1 is 1.20 bits per heavy atom. The first-order chi connectivity index (χ1) is 9.29. The van der Waals surface area contributed by atoms with E-state index >= 15 is 0 Å². The lowest BCUT2D eigenvalue weighted by molar-refractivity contribution is 0.598. The lowest BCUT2D eigenvalue weighted by Crippen LogP contribution is -2.14. The van der Waals surface area contributed by atoms with E-state index in [4.69, 9.17) is 11.6 Å². The second kappa shape index (κ2) is 5.38. The van der Waals surface area contributed by atoms with Gasteiger partial charge in [0.2, 0.25) is 0 Å². The summed E-state index contributed by atoms with van der Waals surface area (Å²) >= 11 is 5.78. The molecule has 0 bridgehead atoms. The van der Waals surface area contributed by atoms with Gasteiger partial charge in [0.05, 0.1) is 16.8 Å². The molecule has 0 atom stereocenters. The van der Waals surface area contributed by atoms with Crippen molar-refractivity contribution in [2.24, 2.45) is 0 Å². The fraction of sp³-hybridized carbons (Fsp3) is 0.154. The van der Waals surface area contributed by atoms with Crippen molar-refractivity contribution in [3.05, 3.63) is 52.6 Å². The van der Waals surface area contributed by atoms with E-state index in [0.717, 1.165) is 6.07 Å². The molecule has 0 aliphatic rings. The average Bonchev–Trinajstić information content (AvgIpc) is 2.33. The van der Waals surface area contributed by atoms with Crippen LogP contribution >= 0.6 is 11.6 Å². The van der Waals surface area contributed by atoms with Crippen LogP contribution in [0, 0.1) is 19.7 Å². The van der Waals surface area contributed by atoms with Crippen LogP contribution in [0.4, 0.5) is 10.1 Å².